The van der Waals surface area contributed by atoms with E-state index < -0.39 is 42.7 Å². The van der Waals surface area contributed by atoms with Gasteiger partial charge in [0.05, 0.1) is 19.8 Å². The van der Waals surface area contributed by atoms with Gasteiger partial charge in [-0.2, -0.15) is 0 Å². The second-order valence-electron chi connectivity index (χ2n) is 3.70. The minimum Gasteiger partial charge on any atom is -0.396 e. The summed E-state index contributed by atoms with van der Waals surface area (Å²) in [6.07, 6.45) is 0.0849. The third-order valence-corrected chi connectivity index (χ3v) is 2.85. The normalized spacial score (nSPS) is 13.7. The van der Waals surface area contributed by atoms with Crippen LogP contribution in [0.25, 0.3) is 0 Å². The molecule has 5 heteroatoms. The molecule has 0 aromatic heterocycles. The Bertz CT molecular complexity index is 224. The summed E-state index contributed by atoms with van der Waals surface area (Å²) in [6.45, 7) is 1.38. The van der Waals surface area contributed by atoms with Crippen molar-refractivity contribution < 1.29 is 24.9 Å². The molecule has 88 valence electrons. The Balaban J connectivity index is 4.86. The van der Waals surface area contributed by atoms with Gasteiger partial charge in [0.1, 0.15) is 0 Å². The molecule has 0 saturated carbocycles. The number of rotatable bonds is 7. The average Bonchev–Trinajstić information content (AvgIpc) is 2.29. The van der Waals surface area contributed by atoms with E-state index in [2.05, 4.69) is 0 Å². The van der Waals surface area contributed by atoms with Crippen molar-refractivity contribution >= 4 is 11.6 Å². The van der Waals surface area contributed by atoms with Gasteiger partial charge in [0.25, 0.3) is 0 Å². The molecule has 15 heavy (non-hydrogen) atoms. The molecule has 0 aliphatic rings. The fourth-order valence-corrected chi connectivity index (χ4v) is 1.25. The first-order valence-electron chi connectivity index (χ1n) is 4.88. The largest absolute Gasteiger partial charge is 0.396 e. The Morgan fingerprint density at radius 2 is 1.53 bits per heavy atom. The van der Waals surface area contributed by atoms with Crippen LogP contribution in [-0.4, -0.2) is 46.7 Å². The quantitative estimate of drug-likeness (QED) is 0.483. The van der Waals surface area contributed by atoms with E-state index in [1.807, 2.05) is 0 Å². The molecule has 5 nitrogen and oxygen atoms in total. The van der Waals surface area contributed by atoms with E-state index in [0.717, 1.165) is 0 Å². The zero-order valence-corrected chi connectivity index (χ0v) is 9.06. The lowest BCUT2D eigenvalue weighted by atomic mass is 9.75. The monoisotopic (exact) mass is 218 g/mol. The van der Waals surface area contributed by atoms with Crippen molar-refractivity contribution in [3.05, 3.63) is 0 Å². The molecule has 0 bridgehead atoms. The van der Waals surface area contributed by atoms with E-state index in [1.54, 1.807) is 6.92 Å². The first-order chi connectivity index (χ1) is 6.98. The van der Waals surface area contributed by atoms with Crippen LogP contribution in [0.15, 0.2) is 0 Å². The van der Waals surface area contributed by atoms with Gasteiger partial charge in [0.2, 0.25) is 5.78 Å². The highest BCUT2D eigenvalue weighted by molar-refractivity contribution is 6.37. The van der Waals surface area contributed by atoms with Crippen molar-refractivity contribution in [1.29, 1.82) is 0 Å². The number of carbonyl (C=O) groups excluding carboxylic acids is 2. The summed E-state index contributed by atoms with van der Waals surface area (Å²) in [6, 6.07) is 0. The van der Waals surface area contributed by atoms with Crippen molar-refractivity contribution in [3.63, 3.8) is 0 Å². The van der Waals surface area contributed by atoms with E-state index in [9.17, 15) is 9.59 Å². The van der Waals surface area contributed by atoms with Crippen LogP contribution in [0.2, 0.25) is 0 Å². The smallest absolute Gasteiger partial charge is 0.201 e. The van der Waals surface area contributed by atoms with Crippen LogP contribution in [0.4, 0.5) is 0 Å². The van der Waals surface area contributed by atoms with Gasteiger partial charge in [0.15, 0.2) is 5.78 Å². The maximum atomic E-state index is 11.5. The number of ketones is 2. The number of hydrogen-bond acceptors (Lipinski definition) is 5. The van der Waals surface area contributed by atoms with Crippen LogP contribution in [-0.2, 0) is 9.59 Å². The highest BCUT2D eigenvalue weighted by atomic mass is 16.3. The van der Waals surface area contributed by atoms with Crippen molar-refractivity contribution in [3.8, 4) is 0 Å². The molecular weight excluding hydrogens is 200 g/mol. The van der Waals surface area contributed by atoms with Crippen LogP contribution < -0.4 is 0 Å². The zero-order valence-electron chi connectivity index (χ0n) is 9.06. The van der Waals surface area contributed by atoms with Crippen molar-refractivity contribution in [1.82, 2.24) is 0 Å². The minimum absolute atomic E-state index is 0.0849. The summed E-state index contributed by atoms with van der Waals surface area (Å²) < 4.78 is 0. The molecule has 0 radical (unpaired) electrons. The first kappa shape index (κ1) is 14.2. The van der Waals surface area contributed by atoms with Gasteiger partial charge < -0.3 is 15.3 Å². The SMILES string of the molecule is CCC(=O)C(=O)C(C)C(CO)(CO)CO. The number of carbonyl (C=O) groups is 2. The summed E-state index contributed by atoms with van der Waals surface area (Å²) in [5.41, 5.74) is -1.32. The van der Waals surface area contributed by atoms with Gasteiger partial charge in [-0.1, -0.05) is 13.8 Å². The van der Waals surface area contributed by atoms with Crippen LogP contribution in [0.3, 0.4) is 0 Å². The van der Waals surface area contributed by atoms with Gasteiger partial charge in [-0.05, 0) is 0 Å². The van der Waals surface area contributed by atoms with Crippen LogP contribution >= 0.6 is 0 Å². The summed E-state index contributed by atoms with van der Waals surface area (Å²) in [7, 11) is 0. The molecule has 0 aliphatic heterocycles. The Morgan fingerprint density at radius 1 is 1.13 bits per heavy atom. The van der Waals surface area contributed by atoms with Crippen molar-refractivity contribution in [2.45, 2.75) is 20.3 Å². The lowest BCUT2D eigenvalue weighted by molar-refractivity contribution is -0.144. The Labute approximate surface area is 88.7 Å². The van der Waals surface area contributed by atoms with E-state index in [1.165, 1.54) is 6.92 Å². The van der Waals surface area contributed by atoms with E-state index >= 15 is 0 Å². The average molecular weight is 218 g/mol. The molecular formula is C10H18O5. The fourth-order valence-electron chi connectivity index (χ4n) is 1.25. The second kappa shape index (κ2) is 5.95. The summed E-state index contributed by atoms with van der Waals surface area (Å²) in [4.78, 5) is 22.7. The third-order valence-electron chi connectivity index (χ3n) is 2.85. The lowest BCUT2D eigenvalue weighted by Crippen LogP contribution is -2.45. The molecule has 0 aromatic rings. The van der Waals surface area contributed by atoms with Gasteiger partial charge in [-0.25, -0.2) is 0 Å². The van der Waals surface area contributed by atoms with Crippen LogP contribution in [0.5, 0.6) is 0 Å². The maximum absolute atomic E-state index is 11.5. The van der Waals surface area contributed by atoms with E-state index in [4.69, 9.17) is 15.3 Å². The van der Waals surface area contributed by atoms with E-state index in [-0.39, 0.29) is 6.42 Å². The summed E-state index contributed by atoms with van der Waals surface area (Å²) in [5.74, 6) is -2.10. The lowest BCUT2D eigenvalue weighted by Gasteiger charge is -2.32. The summed E-state index contributed by atoms with van der Waals surface area (Å²) in [5, 5.41) is 27.2. The molecule has 1 unspecified atom stereocenters. The number of aliphatic hydroxyl groups excluding tert-OH is 3. The number of aliphatic hydroxyl groups is 3. The van der Waals surface area contributed by atoms with Crippen LogP contribution in [0, 0.1) is 11.3 Å². The molecule has 0 rings (SSSR count). The second-order valence-corrected chi connectivity index (χ2v) is 3.70. The van der Waals surface area contributed by atoms with Crippen LogP contribution in [0.1, 0.15) is 20.3 Å². The molecule has 3 N–H and O–H groups in total. The highest BCUT2D eigenvalue weighted by Crippen LogP contribution is 2.27. The molecule has 0 amide bonds. The van der Waals surface area contributed by atoms with Crippen molar-refractivity contribution in [2.75, 3.05) is 19.8 Å². The molecule has 0 saturated heterocycles. The first-order valence-corrected chi connectivity index (χ1v) is 4.88. The Kier molecular flexibility index (Phi) is 5.64. The van der Waals surface area contributed by atoms with E-state index in [0.29, 0.717) is 0 Å². The van der Waals surface area contributed by atoms with Gasteiger partial charge in [0, 0.05) is 17.8 Å². The standard InChI is InChI=1S/C10H18O5/c1-3-8(14)9(15)7(2)10(4-11,5-12)6-13/h7,11-13H,3-6H2,1-2H3. The summed E-state index contributed by atoms with van der Waals surface area (Å²) >= 11 is 0. The fraction of sp³-hybridized carbons (Fsp3) is 0.800. The highest BCUT2D eigenvalue weighted by Gasteiger charge is 2.40. The topological polar surface area (TPSA) is 94.8 Å². The Hall–Kier alpha value is -0.780. The molecule has 0 fully saturated rings. The van der Waals surface area contributed by atoms with Crippen molar-refractivity contribution in [2.24, 2.45) is 11.3 Å². The Morgan fingerprint density at radius 3 is 1.80 bits per heavy atom. The van der Waals surface area contributed by atoms with Gasteiger partial charge in [-0.3, -0.25) is 9.59 Å². The molecule has 0 aromatic carbocycles. The molecule has 0 heterocycles. The molecule has 1 atom stereocenters. The number of hydrogen-bond donors (Lipinski definition) is 3. The van der Waals surface area contributed by atoms with Gasteiger partial charge in [-0.15, -0.1) is 0 Å². The predicted octanol–water partition coefficient (Wildman–Crippen LogP) is -0.866. The molecule has 0 spiro atoms. The zero-order chi connectivity index (χ0) is 12.1. The maximum Gasteiger partial charge on any atom is 0.201 e. The molecule has 0 aliphatic carbocycles. The number of Topliss-reactive ketones (excluding diaryl/α,β-unsaturated/α-hetero) is 2. The minimum atomic E-state index is -1.32. The predicted molar refractivity (Wildman–Crippen MR) is 53.2 cm³/mol. The van der Waals surface area contributed by atoms with Gasteiger partial charge >= 0.3 is 0 Å². The third kappa shape index (κ3) is 2.84.